The van der Waals surface area contributed by atoms with Crippen molar-refractivity contribution < 1.29 is 19.0 Å². The highest BCUT2D eigenvalue weighted by Crippen LogP contribution is 2.42. The van der Waals surface area contributed by atoms with Gasteiger partial charge in [-0.15, -0.1) is 0 Å². The number of ether oxygens (including phenoxy) is 3. The van der Waals surface area contributed by atoms with Gasteiger partial charge >= 0.3 is 5.97 Å². The summed E-state index contributed by atoms with van der Waals surface area (Å²) in [6, 6.07) is 19.8. The van der Waals surface area contributed by atoms with Crippen LogP contribution in [-0.2, 0) is 9.53 Å². The molecule has 5 nitrogen and oxygen atoms in total. The molecule has 0 radical (unpaired) electrons. The molecule has 4 rings (SSSR count). The van der Waals surface area contributed by atoms with Crippen molar-refractivity contribution in [3.05, 3.63) is 89.7 Å². The minimum Gasteiger partial charge on any atom is -0.493 e. The highest BCUT2D eigenvalue weighted by Gasteiger charge is 2.34. The first kappa shape index (κ1) is 22.8. The van der Waals surface area contributed by atoms with Crippen molar-refractivity contribution in [1.29, 1.82) is 0 Å². The number of benzene rings is 2. The predicted octanol–water partition coefficient (Wildman–Crippen LogP) is 5.89. The van der Waals surface area contributed by atoms with Gasteiger partial charge in [-0.05, 0) is 73.6 Å². The van der Waals surface area contributed by atoms with E-state index in [1.807, 2.05) is 55.5 Å². The Labute approximate surface area is 195 Å². The molecule has 1 aromatic heterocycles. The number of nitrogens with zero attached hydrogens (tertiary/aromatic N) is 1. The monoisotopic (exact) mass is 445 g/mol. The smallest absolute Gasteiger partial charge is 0.314 e. The van der Waals surface area contributed by atoms with Gasteiger partial charge in [-0.25, -0.2) is 0 Å². The lowest BCUT2D eigenvalue weighted by Crippen LogP contribution is -2.24. The van der Waals surface area contributed by atoms with E-state index in [0.29, 0.717) is 12.4 Å². The van der Waals surface area contributed by atoms with Crippen molar-refractivity contribution in [2.75, 3.05) is 13.7 Å². The topological polar surface area (TPSA) is 57.7 Å². The Kier molecular flexibility index (Phi) is 7.61. The van der Waals surface area contributed by atoms with Gasteiger partial charge in [0.25, 0.3) is 0 Å². The van der Waals surface area contributed by atoms with Gasteiger partial charge < -0.3 is 14.2 Å². The molecule has 0 aliphatic heterocycles. The van der Waals surface area contributed by atoms with Crippen LogP contribution in [0, 0.1) is 0 Å². The van der Waals surface area contributed by atoms with Crippen LogP contribution in [0.2, 0.25) is 0 Å². The van der Waals surface area contributed by atoms with Gasteiger partial charge in [0.1, 0.15) is 0 Å². The first-order valence-corrected chi connectivity index (χ1v) is 11.7. The number of rotatable bonds is 9. The Bertz CT molecular complexity index is 1030. The standard InChI is InChI=1S/C28H31NO4/c1-3-32-28(30)27(21-15-17-29-18-16-21)26(20-9-5-4-6-10-20)22-13-14-24(31-2)25(19-22)33-23-11-7-8-12-23/h4-6,9-10,13-19,23,26-27H,3,7-8,11-12H2,1-2H3. The summed E-state index contributed by atoms with van der Waals surface area (Å²) < 4.78 is 17.5. The normalized spacial score (nSPS) is 15.6. The number of carbonyl (C=O) groups is 1. The molecule has 0 bridgehead atoms. The van der Waals surface area contributed by atoms with E-state index in [0.717, 1.165) is 35.3 Å². The van der Waals surface area contributed by atoms with E-state index >= 15 is 0 Å². The average molecular weight is 446 g/mol. The fourth-order valence-electron chi connectivity index (χ4n) is 4.67. The Morgan fingerprint density at radius 1 is 0.939 bits per heavy atom. The molecule has 1 heterocycles. The lowest BCUT2D eigenvalue weighted by molar-refractivity contribution is -0.145. The zero-order valence-corrected chi connectivity index (χ0v) is 19.3. The third-order valence-electron chi connectivity index (χ3n) is 6.24. The van der Waals surface area contributed by atoms with Gasteiger partial charge in [0.2, 0.25) is 0 Å². The summed E-state index contributed by atoms with van der Waals surface area (Å²) in [5.74, 6) is 0.383. The molecule has 2 unspecified atom stereocenters. The summed E-state index contributed by atoms with van der Waals surface area (Å²) >= 11 is 0. The quantitative estimate of drug-likeness (QED) is 0.384. The van der Waals surface area contributed by atoms with Gasteiger partial charge in [0, 0.05) is 18.3 Å². The molecule has 5 heteroatoms. The summed E-state index contributed by atoms with van der Waals surface area (Å²) in [5.41, 5.74) is 2.88. The van der Waals surface area contributed by atoms with Crippen LogP contribution >= 0.6 is 0 Å². The van der Waals surface area contributed by atoms with Crippen LogP contribution in [0.1, 0.15) is 61.1 Å². The number of carbonyl (C=O) groups excluding carboxylic acids is 1. The molecule has 1 fully saturated rings. The maximum atomic E-state index is 13.3. The fourth-order valence-corrected chi connectivity index (χ4v) is 4.67. The molecule has 0 N–H and O–H groups in total. The Morgan fingerprint density at radius 2 is 1.67 bits per heavy atom. The van der Waals surface area contributed by atoms with E-state index in [1.54, 1.807) is 19.5 Å². The van der Waals surface area contributed by atoms with Gasteiger partial charge in [0.05, 0.1) is 25.7 Å². The van der Waals surface area contributed by atoms with E-state index in [9.17, 15) is 4.79 Å². The molecule has 1 aliphatic rings. The molecule has 2 atom stereocenters. The minimum atomic E-state index is -0.525. The van der Waals surface area contributed by atoms with E-state index in [4.69, 9.17) is 14.2 Å². The molecule has 2 aromatic carbocycles. The molecular weight excluding hydrogens is 414 g/mol. The minimum absolute atomic E-state index is 0.199. The SMILES string of the molecule is CCOC(=O)C(c1ccncc1)C(c1ccccc1)c1ccc(OC)c(OC2CCCC2)c1. The predicted molar refractivity (Wildman–Crippen MR) is 128 cm³/mol. The lowest BCUT2D eigenvalue weighted by Gasteiger charge is -2.28. The van der Waals surface area contributed by atoms with Crippen LogP contribution in [-0.4, -0.2) is 30.8 Å². The summed E-state index contributed by atoms with van der Waals surface area (Å²) in [5, 5.41) is 0. The fraction of sp³-hybridized carbons (Fsp3) is 0.357. The first-order valence-electron chi connectivity index (χ1n) is 11.7. The van der Waals surface area contributed by atoms with Gasteiger partial charge in [-0.3, -0.25) is 9.78 Å². The van der Waals surface area contributed by atoms with E-state index < -0.39 is 5.92 Å². The second-order valence-electron chi connectivity index (χ2n) is 8.33. The number of methoxy groups -OCH3 is 1. The summed E-state index contributed by atoms with van der Waals surface area (Å²) in [6.07, 6.45) is 8.11. The maximum Gasteiger partial charge on any atom is 0.314 e. The zero-order chi connectivity index (χ0) is 23.0. The number of esters is 1. The van der Waals surface area contributed by atoms with E-state index in [-0.39, 0.29) is 18.0 Å². The largest absolute Gasteiger partial charge is 0.493 e. The van der Waals surface area contributed by atoms with Crippen molar-refractivity contribution in [3.8, 4) is 11.5 Å². The Balaban J connectivity index is 1.82. The number of hydrogen-bond donors (Lipinski definition) is 0. The summed E-state index contributed by atoms with van der Waals surface area (Å²) in [4.78, 5) is 17.5. The summed E-state index contributed by atoms with van der Waals surface area (Å²) in [6.45, 7) is 2.15. The van der Waals surface area contributed by atoms with Crippen LogP contribution in [0.4, 0.5) is 0 Å². The maximum absolute atomic E-state index is 13.3. The van der Waals surface area contributed by atoms with Crippen LogP contribution in [0.25, 0.3) is 0 Å². The lowest BCUT2D eigenvalue weighted by atomic mass is 9.77. The number of hydrogen-bond acceptors (Lipinski definition) is 5. The van der Waals surface area contributed by atoms with E-state index in [1.165, 1.54) is 12.8 Å². The third-order valence-corrected chi connectivity index (χ3v) is 6.24. The molecule has 33 heavy (non-hydrogen) atoms. The van der Waals surface area contributed by atoms with Gasteiger partial charge in [-0.1, -0.05) is 36.4 Å². The number of aromatic nitrogens is 1. The van der Waals surface area contributed by atoms with Crippen molar-refractivity contribution in [2.45, 2.75) is 50.5 Å². The van der Waals surface area contributed by atoms with E-state index in [2.05, 4.69) is 17.1 Å². The van der Waals surface area contributed by atoms with Crippen molar-refractivity contribution in [2.24, 2.45) is 0 Å². The molecule has 1 saturated carbocycles. The highest BCUT2D eigenvalue weighted by atomic mass is 16.5. The van der Waals surface area contributed by atoms with Crippen molar-refractivity contribution in [3.63, 3.8) is 0 Å². The Morgan fingerprint density at radius 3 is 2.33 bits per heavy atom. The van der Waals surface area contributed by atoms with Crippen molar-refractivity contribution >= 4 is 5.97 Å². The van der Waals surface area contributed by atoms with Crippen molar-refractivity contribution in [1.82, 2.24) is 4.98 Å². The van der Waals surface area contributed by atoms with Gasteiger partial charge in [0.15, 0.2) is 11.5 Å². The Hall–Kier alpha value is -3.34. The molecule has 172 valence electrons. The first-order chi connectivity index (χ1) is 16.2. The highest BCUT2D eigenvalue weighted by molar-refractivity contribution is 5.80. The van der Waals surface area contributed by atoms with Crippen LogP contribution < -0.4 is 9.47 Å². The molecule has 0 spiro atoms. The summed E-state index contributed by atoms with van der Waals surface area (Å²) in [7, 11) is 1.66. The molecule has 0 amide bonds. The third kappa shape index (κ3) is 5.36. The number of pyridine rings is 1. The van der Waals surface area contributed by atoms with Crippen LogP contribution in [0.5, 0.6) is 11.5 Å². The molecule has 3 aromatic rings. The molecular formula is C28H31NO4. The molecule has 0 saturated heterocycles. The van der Waals surface area contributed by atoms with Crippen LogP contribution in [0.15, 0.2) is 73.1 Å². The zero-order valence-electron chi connectivity index (χ0n) is 19.3. The van der Waals surface area contributed by atoms with Gasteiger partial charge in [-0.2, -0.15) is 0 Å². The van der Waals surface area contributed by atoms with Crippen LogP contribution in [0.3, 0.4) is 0 Å². The molecule has 1 aliphatic carbocycles. The second-order valence-corrected chi connectivity index (χ2v) is 8.33. The average Bonchev–Trinajstić information content (AvgIpc) is 3.37. The second kappa shape index (κ2) is 11.0.